The molecule has 0 aromatic carbocycles. The Morgan fingerprint density at radius 3 is 1.40 bits per heavy atom. The van der Waals surface area contributed by atoms with Gasteiger partial charge >= 0.3 is 0 Å². The molecule has 15 heavy (non-hydrogen) atoms. The highest BCUT2D eigenvalue weighted by molar-refractivity contribution is 7.61. The zero-order valence-electron chi connectivity index (χ0n) is 11.7. The second-order valence-electron chi connectivity index (χ2n) is 6.78. The minimum absolute atomic E-state index is 0.208. The molecule has 0 spiro atoms. The Hall–Kier alpha value is 0.430. The van der Waals surface area contributed by atoms with E-state index >= 15 is 0 Å². The second-order valence-corrected chi connectivity index (χ2v) is 10.3. The lowest BCUT2D eigenvalue weighted by Crippen LogP contribution is -2.26. The van der Waals surface area contributed by atoms with Gasteiger partial charge in [0.05, 0.1) is 0 Å². The minimum Gasteiger partial charge on any atom is -0.0943 e. The summed E-state index contributed by atoms with van der Waals surface area (Å²) in [6.07, 6.45) is 2.98. The molecule has 0 bridgehead atoms. The van der Waals surface area contributed by atoms with Crippen molar-refractivity contribution in [2.24, 2.45) is 11.8 Å². The lowest BCUT2D eigenvalue weighted by atomic mass is 10.0. The van der Waals surface area contributed by atoms with Gasteiger partial charge < -0.3 is 0 Å². The van der Waals surface area contributed by atoms with Crippen molar-refractivity contribution in [3.05, 3.63) is 0 Å². The van der Waals surface area contributed by atoms with Gasteiger partial charge in [0.25, 0.3) is 0 Å². The first-order valence-electron chi connectivity index (χ1n) is 6.53. The van der Waals surface area contributed by atoms with Crippen molar-refractivity contribution in [2.75, 3.05) is 0 Å². The van der Waals surface area contributed by atoms with Gasteiger partial charge in [-0.25, -0.2) is 0 Å². The molecule has 0 aliphatic carbocycles. The van der Waals surface area contributed by atoms with Gasteiger partial charge in [-0.15, -0.1) is 0 Å². The average Bonchev–Trinajstić information content (AvgIpc) is 2.45. The summed E-state index contributed by atoms with van der Waals surface area (Å²) >= 11 is 0. The fourth-order valence-corrected chi connectivity index (χ4v) is 7.79. The molecule has 1 saturated heterocycles. The number of hydrogen-bond donors (Lipinski definition) is 0. The number of hydrogen-bond acceptors (Lipinski definition) is 0. The van der Waals surface area contributed by atoms with Crippen molar-refractivity contribution in [1.29, 1.82) is 0 Å². The van der Waals surface area contributed by atoms with E-state index in [1.807, 2.05) is 0 Å². The van der Waals surface area contributed by atoms with Crippen LogP contribution in [0.4, 0.5) is 0 Å². The Bertz CT molecular complexity index is 184. The van der Waals surface area contributed by atoms with Crippen LogP contribution >= 0.6 is 7.92 Å². The third-order valence-electron chi connectivity index (χ3n) is 3.79. The molecular weight excluding hydrogens is 199 g/mol. The molecule has 2 unspecified atom stereocenters. The molecule has 0 radical (unpaired) electrons. The van der Waals surface area contributed by atoms with Crippen molar-refractivity contribution in [3.8, 4) is 0 Å². The monoisotopic (exact) mass is 228 g/mol. The summed E-state index contributed by atoms with van der Waals surface area (Å²) < 4.78 is 0. The van der Waals surface area contributed by atoms with Crippen molar-refractivity contribution < 1.29 is 0 Å². The van der Waals surface area contributed by atoms with Crippen molar-refractivity contribution in [1.82, 2.24) is 0 Å². The Morgan fingerprint density at radius 2 is 1.20 bits per heavy atom. The molecular formula is C14H29P. The third-order valence-corrected chi connectivity index (χ3v) is 8.47. The zero-order valence-corrected chi connectivity index (χ0v) is 12.6. The quantitative estimate of drug-likeness (QED) is 0.576. The van der Waals surface area contributed by atoms with Gasteiger partial charge in [0.2, 0.25) is 0 Å². The van der Waals surface area contributed by atoms with Gasteiger partial charge in [-0.1, -0.05) is 56.4 Å². The van der Waals surface area contributed by atoms with E-state index in [1.165, 1.54) is 12.8 Å². The van der Waals surface area contributed by atoms with E-state index in [2.05, 4.69) is 48.5 Å². The van der Waals surface area contributed by atoms with Crippen LogP contribution in [-0.4, -0.2) is 16.5 Å². The first-order chi connectivity index (χ1) is 6.75. The molecule has 0 aromatic heterocycles. The van der Waals surface area contributed by atoms with Crippen LogP contribution in [0.15, 0.2) is 0 Å². The van der Waals surface area contributed by atoms with Crippen LogP contribution in [0.5, 0.6) is 0 Å². The highest BCUT2D eigenvalue weighted by Gasteiger charge is 2.44. The van der Waals surface area contributed by atoms with Crippen molar-refractivity contribution >= 4 is 7.92 Å². The summed E-state index contributed by atoms with van der Waals surface area (Å²) in [4.78, 5) is 0. The molecule has 1 heterocycles. The lowest BCUT2D eigenvalue weighted by Gasteiger charge is -2.40. The summed E-state index contributed by atoms with van der Waals surface area (Å²) in [5, 5.41) is 0.551. The largest absolute Gasteiger partial charge is 0.0943 e. The molecule has 1 fully saturated rings. The first kappa shape index (κ1) is 13.5. The standard InChI is InChI=1S/C14H29P/c1-10(2)12-8-9-13(11(3)4)15(12)14(5,6)7/h10-13H,8-9H2,1-7H3. The highest BCUT2D eigenvalue weighted by atomic mass is 31.1. The van der Waals surface area contributed by atoms with Crippen LogP contribution in [0.25, 0.3) is 0 Å². The summed E-state index contributed by atoms with van der Waals surface area (Å²) in [5.41, 5.74) is 2.04. The minimum atomic E-state index is 0.208. The predicted octanol–water partition coefficient (Wildman–Crippen LogP) is 5.11. The SMILES string of the molecule is CC(C)C1CCC(C(C)C)P1C(C)(C)C. The maximum Gasteiger partial charge on any atom is -0.0174 e. The van der Waals surface area contributed by atoms with Crippen LogP contribution in [0.3, 0.4) is 0 Å². The third kappa shape index (κ3) is 2.96. The molecule has 1 rings (SSSR count). The maximum atomic E-state index is 2.47. The van der Waals surface area contributed by atoms with Crippen LogP contribution in [-0.2, 0) is 0 Å². The van der Waals surface area contributed by atoms with Crippen molar-refractivity contribution in [2.45, 2.75) is 77.8 Å². The van der Waals surface area contributed by atoms with Gasteiger partial charge in [-0.3, -0.25) is 0 Å². The molecule has 0 nitrogen and oxygen atoms in total. The van der Waals surface area contributed by atoms with Crippen LogP contribution in [0.1, 0.15) is 61.3 Å². The summed E-state index contributed by atoms with van der Waals surface area (Å²) in [6, 6.07) is 0. The van der Waals surface area contributed by atoms with Gasteiger partial charge in [0.1, 0.15) is 0 Å². The summed E-state index contributed by atoms with van der Waals surface area (Å²) in [7, 11) is 0.208. The van der Waals surface area contributed by atoms with E-state index in [-0.39, 0.29) is 7.92 Å². The van der Waals surface area contributed by atoms with Gasteiger partial charge in [0.15, 0.2) is 0 Å². The van der Waals surface area contributed by atoms with E-state index in [1.54, 1.807) is 0 Å². The molecule has 1 aliphatic heterocycles. The Balaban J connectivity index is 2.88. The average molecular weight is 228 g/mol. The van der Waals surface area contributed by atoms with E-state index < -0.39 is 0 Å². The fraction of sp³-hybridized carbons (Fsp3) is 1.00. The molecule has 0 N–H and O–H groups in total. The lowest BCUT2D eigenvalue weighted by molar-refractivity contribution is 0.543. The van der Waals surface area contributed by atoms with E-state index in [0.29, 0.717) is 5.16 Å². The van der Waals surface area contributed by atoms with Crippen molar-refractivity contribution in [3.63, 3.8) is 0 Å². The van der Waals surface area contributed by atoms with Crippen LogP contribution < -0.4 is 0 Å². The van der Waals surface area contributed by atoms with Gasteiger partial charge in [-0.05, 0) is 41.2 Å². The molecule has 2 atom stereocenters. The molecule has 1 aliphatic rings. The molecule has 1 heteroatoms. The molecule has 0 amide bonds. The smallest absolute Gasteiger partial charge is 0.0174 e. The highest BCUT2D eigenvalue weighted by Crippen LogP contribution is 2.67. The first-order valence-corrected chi connectivity index (χ1v) is 8.01. The second kappa shape index (κ2) is 4.74. The van der Waals surface area contributed by atoms with Crippen LogP contribution in [0.2, 0.25) is 0 Å². The molecule has 0 saturated carbocycles. The molecule has 0 aromatic rings. The zero-order chi connectivity index (χ0) is 11.8. The van der Waals surface area contributed by atoms with Crippen LogP contribution in [0, 0.1) is 11.8 Å². The maximum absolute atomic E-state index is 2.47. The topological polar surface area (TPSA) is 0 Å². The fourth-order valence-electron chi connectivity index (χ4n) is 3.17. The van der Waals surface area contributed by atoms with E-state index in [0.717, 1.165) is 23.2 Å². The van der Waals surface area contributed by atoms with Gasteiger partial charge in [-0.2, -0.15) is 0 Å². The predicted molar refractivity (Wildman–Crippen MR) is 73.2 cm³/mol. The summed E-state index contributed by atoms with van der Waals surface area (Å²) in [5.74, 6) is 1.78. The van der Waals surface area contributed by atoms with Gasteiger partial charge in [0, 0.05) is 0 Å². The number of rotatable bonds is 2. The Labute approximate surface area is 98.0 Å². The summed E-state index contributed by atoms with van der Waals surface area (Å²) in [6.45, 7) is 17.1. The molecule has 90 valence electrons. The van der Waals surface area contributed by atoms with E-state index in [4.69, 9.17) is 0 Å². The normalized spacial score (nSPS) is 33.0. The van der Waals surface area contributed by atoms with E-state index in [9.17, 15) is 0 Å². The Kier molecular flexibility index (Phi) is 4.27. The Morgan fingerprint density at radius 1 is 0.867 bits per heavy atom.